The van der Waals surface area contributed by atoms with Crippen molar-refractivity contribution < 1.29 is 0 Å². The highest BCUT2D eigenvalue weighted by atomic mass is 32.1. The van der Waals surface area contributed by atoms with Crippen molar-refractivity contribution in [3.8, 4) is 21.6 Å². The largest absolute Gasteiger partial charge is 0.141 e. The van der Waals surface area contributed by atoms with Crippen LogP contribution in [-0.2, 0) is 5.41 Å². The van der Waals surface area contributed by atoms with Crippen molar-refractivity contribution in [2.24, 2.45) is 0 Å². The van der Waals surface area contributed by atoms with E-state index in [2.05, 4.69) is 87.7 Å². The Balaban J connectivity index is 1.89. The summed E-state index contributed by atoms with van der Waals surface area (Å²) in [6.07, 6.45) is 11.0. The Hall–Kier alpha value is -2.38. The molecule has 1 aliphatic rings. The number of allylic oxidation sites excluding steroid dienone is 2. The van der Waals surface area contributed by atoms with Crippen molar-refractivity contribution in [1.82, 2.24) is 0 Å². The van der Waals surface area contributed by atoms with E-state index in [4.69, 9.17) is 0 Å². The van der Waals surface area contributed by atoms with Crippen LogP contribution < -0.4 is 0 Å². The van der Waals surface area contributed by atoms with E-state index in [-0.39, 0.29) is 5.41 Å². The summed E-state index contributed by atoms with van der Waals surface area (Å²) in [6, 6.07) is 18.7. The van der Waals surface area contributed by atoms with Gasteiger partial charge in [-0.2, -0.15) is 0 Å². The molecule has 30 heavy (non-hydrogen) atoms. The summed E-state index contributed by atoms with van der Waals surface area (Å²) in [5.41, 5.74) is 8.72. The lowest BCUT2D eigenvalue weighted by Crippen LogP contribution is -2.25. The molecule has 3 aromatic rings. The smallest absolute Gasteiger partial charge is 0.0345 e. The van der Waals surface area contributed by atoms with E-state index in [1.165, 1.54) is 68.8 Å². The highest BCUT2D eigenvalue weighted by Crippen LogP contribution is 2.55. The Labute approximate surface area is 186 Å². The third-order valence-corrected chi connectivity index (χ3v) is 7.61. The van der Waals surface area contributed by atoms with E-state index >= 15 is 0 Å². The van der Waals surface area contributed by atoms with Gasteiger partial charge >= 0.3 is 0 Å². The molecule has 0 amide bonds. The molecule has 1 aliphatic carbocycles. The van der Waals surface area contributed by atoms with Crippen LogP contribution in [0.25, 0.3) is 21.6 Å². The van der Waals surface area contributed by atoms with Crippen LogP contribution in [0, 0.1) is 13.8 Å². The fourth-order valence-electron chi connectivity index (χ4n) is 5.11. The Morgan fingerprint density at radius 1 is 0.800 bits per heavy atom. The number of hydrogen-bond donors (Lipinski definition) is 0. The van der Waals surface area contributed by atoms with Gasteiger partial charge in [0.15, 0.2) is 0 Å². The highest BCUT2D eigenvalue weighted by Gasteiger charge is 2.42. The Bertz CT molecular complexity index is 1050. The van der Waals surface area contributed by atoms with Crippen LogP contribution in [0.15, 0.2) is 73.8 Å². The average Bonchev–Trinajstić information content (AvgIpc) is 3.28. The Kier molecular flexibility index (Phi) is 6.11. The lowest BCUT2D eigenvalue weighted by atomic mass is 9.70. The molecule has 0 N–H and O–H groups in total. The van der Waals surface area contributed by atoms with Crippen molar-refractivity contribution in [2.45, 2.75) is 57.8 Å². The molecular weight excluding hydrogens is 380 g/mol. The summed E-state index contributed by atoms with van der Waals surface area (Å²) >= 11 is 1.89. The molecule has 0 radical (unpaired) electrons. The topological polar surface area (TPSA) is 0 Å². The normalized spacial score (nSPS) is 13.7. The first-order chi connectivity index (χ1) is 14.6. The van der Waals surface area contributed by atoms with Gasteiger partial charge in [0.2, 0.25) is 0 Å². The quantitative estimate of drug-likeness (QED) is 0.243. The second-order valence-corrected chi connectivity index (χ2v) is 9.95. The maximum atomic E-state index is 3.97. The molecule has 154 valence electrons. The molecular formula is C29H32S. The summed E-state index contributed by atoms with van der Waals surface area (Å²) < 4.78 is 0. The van der Waals surface area contributed by atoms with Crippen molar-refractivity contribution in [3.63, 3.8) is 0 Å². The van der Waals surface area contributed by atoms with Gasteiger partial charge in [-0.1, -0.05) is 48.0 Å². The summed E-state index contributed by atoms with van der Waals surface area (Å²) in [5, 5.41) is 0. The maximum Gasteiger partial charge on any atom is 0.0345 e. The van der Waals surface area contributed by atoms with Crippen LogP contribution in [0.2, 0.25) is 0 Å². The number of hydrogen-bond acceptors (Lipinski definition) is 1. The fraction of sp³-hybridized carbons (Fsp3) is 0.310. The van der Waals surface area contributed by atoms with Gasteiger partial charge in [-0.05, 0) is 98.4 Å². The van der Waals surface area contributed by atoms with Crippen LogP contribution in [0.5, 0.6) is 0 Å². The Morgan fingerprint density at radius 2 is 1.43 bits per heavy atom. The molecule has 1 aromatic heterocycles. The maximum absolute atomic E-state index is 3.97. The lowest BCUT2D eigenvalue weighted by Gasteiger charge is -2.33. The van der Waals surface area contributed by atoms with Crippen LogP contribution in [0.3, 0.4) is 0 Å². The van der Waals surface area contributed by atoms with E-state index in [0.29, 0.717) is 0 Å². The predicted octanol–water partition coefficient (Wildman–Crippen LogP) is 9.01. The van der Waals surface area contributed by atoms with Crippen LogP contribution in [0.4, 0.5) is 0 Å². The fourth-order valence-corrected chi connectivity index (χ4v) is 5.98. The number of aryl methyl sites for hydroxylation is 2. The van der Waals surface area contributed by atoms with Gasteiger partial charge in [0.1, 0.15) is 0 Å². The van der Waals surface area contributed by atoms with E-state index in [9.17, 15) is 0 Å². The molecule has 2 aromatic carbocycles. The van der Waals surface area contributed by atoms with Gasteiger partial charge in [-0.3, -0.25) is 0 Å². The van der Waals surface area contributed by atoms with Gasteiger partial charge in [0, 0.05) is 15.2 Å². The van der Waals surface area contributed by atoms with Gasteiger partial charge in [-0.25, -0.2) is 0 Å². The summed E-state index contributed by atoms with van der Waals surface area (Å²) in [4.78, 5) is 2.74. The summed E-state index contributed by atoms with van der Waals surface area (Å²) in [5.74, 6) is 0. The van der Waals surface area contributed by atoms with Crippen LogP contribution in [-0.4, -0.2) is 0 Å². The number of thiophene rings is 1. The molecule has 0 bridgehead atoms. The molecule has 1 heteroatoms. The standard InChI is InChI=1S/C29H32S/c1-5-7-9-17-29(18-10-8-6-2)26-19-21(3)11-14-24(26)25-15-13-23(20-27(25)29)28-16-12-22(4)30-28/h5-6,11-16,19-20H,1-2,7-10,17-18H2,3-4H3. The minimum atomic E-state index is 0.0883. The molecule has 1 heterocycles. The number of rotatable bonds is 9. The summed E-state index contributed by atoms with van der Waals surface area (Å²) in [6.45, 7) is 12.4. The number of benzene rings is 2. The number of fused-ring (bicyclic) bond motifs is 3. The SMILES string of the molecule is C=CCCCC1(CCCC=C)c2cc(C)ccc2-c2ccc(-c3ccc(C)s3)cc21. The van der Waals surface area contributed by atoms with Crippen molar-refractivity contribution in [1.29, 1.82) is 0 Å². The van der Waals surface area contributed by atoms with E-state index in [1.54, 1.807) is 0 Å². The minimum absolute atomic E-state index is 0.0883. The zero-order chi connectivity index (χ0) is 21.1. The molecule has 0 spiro atoms. The first kappa shape index (κ1) is 20.9. The molecule has 0 unspecified atom stereocenters. The van der Waals surface area contributed by atoms with Crippen LogP contribution in [0.1, 0.15) is 60.1 Å². The lowest BCUT2D eigenvalue weighted by molar-refractivity contribution is 0.422. The highest BCUT2D eigenvalue weighted by molar-refractivity contribution is 7.15. The van der Waals surface area contributed by atoms with Crippen molar-refractivity contribution >= 4 is 11.3 Å². The summed E-state index contributed by atoms with van der Waals surface area (Å²) in [7, 11) is 0. The van der Waals surface area contributed by atoms with Crippen LogP contribution >= 0.6 is 11.3 Å². The van der Waals surface area contributed by atoms with E-state index < -0.39 is 0 Å². The van der Waals surface area contributed by atoms with Crippen molar-refractivity contribution in [3.05, 3.63) is 95.4 Å². The molecule has 0 saturated carbocycles. The molecule has 4 rings (SSSR count). The third-order valence-electron chi connectivity index (χ3n) is 6.56. The minimum Gasteiger partial charge on any atom is -0.141 e. The molecule has 0 atom stereocenters. The van der Waals surface area contributed by atoms with Gasteiger partial charge in [-0.15, -0.1) is 24.5 Å². The molecule has 0 fully saturated rings. The molecule has 0 nitrogen and oxygen atoms in total. The zero-order valence-electron chi connectivity index (χ0n) is 18.3. The van der Waals surface area contributed by atoms with E-state index in [0.717, 1.165) is 12.8 Å². The van der Waals surface area contributed by atoms with E-state index in [1.807, 2.05) is 11.3 Å². The Morgan fingerprint density at radius 3 is 2.03 bits per heavy atom. The van der Waals surface area contributed by atoms with Gasteiger partial charge in [0.25, 0.3) is 0 Å². The monoisotopic (exact) mass is 412 g/mol. The first-order valence-corrected chi connectivity index (χ1v) is 12.0. The van der Waals surface area contributed by atoms with Crippen molar-refractivity contribution in [2.75, 3.05) is 0 Å². The third kappa shape index (κ3) is 3.72. The van der Waals surface area contributed by atoms with Gasteiger partial charge in [0.05, 0.1) is 0 Å². The average molecular weight is 413 g/mol. The predicted molar refractivity (Wildman–Crippen MR) is 134 cm³/mol. The second kappa shape index (κ2) is 8.78. The molecule has 0 aliphatic heterocycles. The molecule has 0 saturated heterocycles. The first-order valence-electron chi connectivity index (χ1n) is 11.1. The number of unbranched alkanes of at least 4 members (excludes halogenated alkanes) is 2. The van der Waals surface area contributed by atoms with Gasteiger partial charge < -0.3 is 0 Å². The second-order valence-electron chi connectivity index (χ2n) is 8.66. The zero-order valence-corrected chi connectivity index (χ0v) is 19.2.